The van der Waals surface area contributed by atoms with Crippen molar-refractivity contribution >= 4 is 5.82 Å². The molecule has 3 rings (SSSR count). The molecule has 5 heteroatoms. The van der Waals surface area contributed by atoms with Gasteiger partial charge in [-0.1, -0.05) is 30.3 Å². The molecule has 0 unspecified atom stereocenters. The number of fused-ring (bicyclic) bond motifs is 1. The molecule has 0 saturated carbocycles. The van der Waals surface area contributed by atoms with Crippen LogP contribution < -0.4 is 11.3 Å². The number of nitrogen functional groups attached to an aromatic ring is 1. The minimum Gasteiger partial charge on any atom is -0.376 e. The first-order valence-corrected chi connectivity index (χ1v) is 6.84. The summed E-state index contributed by atoms with van der Waals surface area (Å²) in [6.45, 7) is 1.25. The molecule has 0 fully saturated rings. The maximum atomic E-state index is 5.55. The third-order valence-corrected chi connectivity index (χ3v) is 3.49. The highest BCUT2D eigenvalue weighted by Gasteiger charge is 2.17. The van der Waals surface area contributed by atoms with Gasteiger partial charge in [-0.25, -0.2) is 15.8 Å². The molecule has 0 amide bonds. The molecule has 0 aliphatic carbocycles. The summed E-state index contributed by atoms with van der Waals surface area (Å²) in [5, 5.41) is 0. The lowest BCUT2D eigenvalue weighted by Gasteiger charge is -2.19. The number of aromatic nitrogens is 2. The molecule has 0 atom stereocenters. The van der Waals surface area contributed by atoms with Gasteiger partial charge in [-0.05, 0) is 12.0 Å². The number of nitrogens with zero attached hydrogens (tertiary/aromatic N) is 2. The summed E-state index contributed by atoms with van der Waals surface area (Å²) in [5.41, 5.74) is 6.00. The molecule has 20 heavy (non-hydrogen) atoms. The van der Waals surface area contributed by atoms with Crippen LogP contribution in [0.1, 0.15) is 22.6 Å². The molecular weight excluding hydrogens is 252 g/mol. The van der Waals surface area contributed by atoms with Gasteiger partial charge >= 0.3 is 0 Å². The highest BCUT2D eigenvalue weighted by Crippen LogP contribution is 2.21. The molecule has 0 saturated heterocycles. The van der Waals surface area contributed by atoms with Crippen LogP contribution in [0.4, 0.5) is 5.82 Å². The summed E-state index contributed by atoms with van der Waals surface area (Å²) in [6.07, 6.45) is 2.57. The number of rotatable bonds is 4. The second kappa shape index (κ2) is 5.98. The minimum atomic E-state index is 0.536. The Bertz CT molecular complexity index is 569. The fourth-order valence-corrected chi connectivity index (χ4v) is 2.42. The molecule has 1 aliphatic heterocycles. The zero-order valence-corrected chi connectivity index (χ0v) is 11.3. The van der Waals surface area contributed by atoms with E-state index in [0.29, 0.717) is 19.0 Å². The Balaban J connectivity index is 1.79. The molecule has 1 aliphatic rings. The predicted octanol–water partition coefficient (Wildman–Crippen LogP) is 1.62. The van der Waals surface area contributed by atoms with E-state index in [4.69, 9.17) is 10.6 Å². The summed E-state index contributed by atoms with van der Waals surface area (Å²) in [7, 11) is 0. The van der Waals surface area contributed by atoms with Gasteiger partial charge in [0.25, 0.3) is 0 Å². The number of nitrogens with one attached hydrogen (secondary N) is 1. The van der Waals surface area contributed by atoms with Crippen LogP contribution in [-0.2, 0) is 30.6 Å². The van der Waals surface area contributed by atoms with E-state index in [0.717, 1.165) is 36.3 Å². The average Bonchev–Trinajstić information content (AvgIpc) is 2.53. The van der Waals surface area contributed by atoms with Crippen LogP contribution >= 0.6 is 0 Å². The van der Waals surface area contributed by atoms with E-state index >= 15 is 0 Å². The highest BCUT2D eigenvalue weighted by atomic mass is 16.5. The van der Waals surface area contributed by atoms with Crippen LogP contribution in [-0.4, -0.2) is 16.6 Å². The molecule has 0 radical (unpaired) electrons. The largest absolute Gasteiger partial charge is 0.376 e. The third-order valence-electron chi connectivity index (χ3n) is 3.49. The first-order valence-electron chi connectivity index (χ1n) is 6.84. The number of aryl methyl sites for hydroxylation is 2. The third kappa shape index (κ3) is 2.79. The van der Waals surface area contributed by atoms with E-state index in [1.54, 1.807) is 0 Å². The summed E-state index contributed by atoms with van der Waals surface area (Å²) in [6, 6.07) is 10.4. The topological polar surface area (TPSA) is 73.1 Å². The van der Waals surface area contributed by atoms with Crippen LogP contribution in [0, 0.1) is 0 Å². The van der Waals surface area contributed by atoms with Crippen molar-refractivity contribution in [2.45, 2.75) is 25.9 Å². The average molecular weight is 270 g/mol. The first kappa shape index (κ1) is 13.0. The van der Waals surface area contributed by atoms with Gasteiger partial charge in [0.2, 0.25) is 0 Å². The summed E-state index contributed by atoms with van der Waals surface area (Å²) >= 11 is 0. The number of nitrogens with two attached hydrogens (primary N) is 1. The molecule has 1 aromatic heterocycles. The van der Waals surface area contributed by atoms with E-state index in [-0.39, 0.29) is 0 Å². The van der Waals surface area contributed by atoms with Gasteiger partial charge in [0.05, 0.1) is 18.9 Å². The number of hydrogen-bond acceptors (Lipinski definition) is 5. The standard InChI is InChI=1S/C15H18N4O/c16-19-15-12-10-20-9-8-13(12)17-14(18-15)7-6-11-4-2-1-3-5-11/h1-5H,6-10,16H2,(H,17,18,19). The Hall–Kier alpha value is -1.98. The molecule has 0 spiro atoms. The van der Waals surface area contributed by atoms with Crippen LogP contribution in [0.2, 0.25) is 0 Å². The maximum Gasteiger partial charge on any atom is 0.149 e. The van der Waals surface area contributed by atoms with E-state index in [9.17, 15) is 0 Å². The van der Waals surface area contributed by atoms with E-state index in [1.165, 1.54) is 5.56 Å². The van der Waals surface area contributed by atoms with Crippen molar-refractivity contribution in [2.24, 2.45) is 5.84 Å². The van der Waals surface area contributed by atoms with Crippen LogP contribution in [0.5, 0.6) is 0 Å². The molecule has 2 heterocycles. The Morgan fingerprint density at radius 1 is 1.15 bits per heavy atom. The Morgan fingerprint density at radius 3 is 2.80 bits per heavy atom. The van der Waals surface area contributed by atoms with Gasteiger partial charge in [-0.2, -0.15) is 0 Å². The second-order valence-electron chi connectivity index (χ2n) is 4.85. The normalized spacial score (nSPS) is 13.8. The second-order valence-corrected chi connectivity index (χ2v) is 4.85. The summed E-state index contributed by atoms with van der Waals surface area (Å²) < 4.78 is 5.43. The Labute approximate surface area is 118 Å². The Kier molecular flexibility index (Phi) is 3.90. The van der Waals surface area contributed by atoms with Crippen molar-refractivity contribution in [1.82, 2.24) is 9.97 Å². The number of benzene rings is 1. The molecular formula is C15H18N4O. The van der Waals surface area contributed by atoms with Crippen molar-refractivity contribution in [3.05, 3.63) is 53.0 Å². The van der Waals surface area contributed by atoms with E-state index < -0.39 is 0 Å². The fourth-order valence-electron chi connectivity index (χ4n) is 2.42. The fraction of sp³-hybridized carbons (Fsp3) is 0.333. The predicted molar refractivity (Wildman–Crippen MR) is 77.1 cm³/mol. The summed E-state index contributed by atoms with van der Waals surface area (Å²) in [5.74, 6) is 7.08. The van der Waals surface area contributed by atoms with Crippen molar-refractivity contribution in [3.63, 3.8) is 0 Å². The molecule has 2 aromatic rings. The zero-order valence-electron chi connectivity index (χ0n) is 11.3. The molecule has 3 N–H and O–H groups in total. The van der Waals surface area contributed by atoms with Crippen LogP contribution in [0.3, 0.4) is 0 Å². The van der Waals surface area contributed by atoms with Gasteiger partial charge in [-0.15, -0.1) is 0 Å². The highest BCUT2D eigenvalue weighted by molar-refractivity contribution is 5.46. The van der Waals surface area contributed by atoms with Crippen molar-refractivity contribution in [3.8, 4) is 0 Å². The molecule has 5 nitrogen and oxygen atoms in total. The molecule has 104 valence electrons. The van der Waals surface area contributed by atoms with Crippen LogP contribution in [0.25, 0.3) is 0 Å². The van der Waals surface area contributed by atoms with Crippen molar-refractivity contribution in [2.75, 3.05) is 12.0 Å². The molecule has 1 aromatic carbocycles. The monoisotopic (exact) mass is 270 g/mol. The van der Waals surface area contributed by atoms with E-state index in [2.05, 4.69) is 27.5 Å². The van der Waals surface area contributed by atoms with Gasteiger partial charge in [0, 0.05) is 18.4 Å². The van der Waals surface area contributed by atoms with Crippen LogP contribution in [0.15, 0.2) is 30.3 Å². The van der Waals surface area contributed by atoms with Gasteiger partial charge in [0.15, 0.2) is 0 Å². The summed E-state index contributed by atoms with van der Waals surface area (Å²) in [4.78, 5) is 9.14. The smallest absolute Gasteiger partial charge is 0.149 e. The van der Waals surface area contributed by atoms with Gasteiger partial charge in [-0.3, -0.25) is 0 Å². The number of anilines is 1. The zero-order chi connectivity index (χ0) is 13.8. The quantitative estimate of drug-likeness (QED) is 0.652. The first-order chi connectivity index (χ1) is 9.86. The molecule has 0 bridgehead atoms. The van der Waals surface area contributed by atoms with E-state index in [1.807, 2.05) is 18.2 Å². The lowest BCUT2D eigenvalue weighted by Crippen LogP contribution is -2.20. The lowest BCUT2D eigenvalue weighted by atomic mass is 10.1. The lowest BCUT2D eigenvalue weighted by molar-refractivity contribution is 0.109. The van der Waals surface area contributed by atoms with Crippen molar-refractivity contribution < 1.29 is 4.74 Å². The van der Waals surface area contributed by atoms with Crippen molar-refractivity contribution in [1.29, 1.82) is 0 Å². The number of hydrogen-bond donors (Lipinski definition) is 2. The van der Waals surface area contributed by atoms with Gasteiger partial charge < -0.3 is 10.2 Å². The minimum absolute atomic E-state index is 0.536. The number of ether oxygens (including phenoxy) is 1. The number of hydrazine groups is 1. The van der Waals surface area contributed by atoms with Gasteiger partial charge in [0.1, 0.15) is 11.6 Å². The Morgan fingerprint density at radius 2 is 2.00 bits per heavy atom. The SMILES string of the molecule is NNc1nc(CCc2ccccc2)nc2c1COCC2. The maximum absolute atomic E-state index is 5.55.